The van der Waals surface area contributed by atoms with Crippen molar-refractivity contribution in [3.8, 4) is 0 Å². The molecule has 0 aromatic heterocycles. The van der Waals surface area contributed by atoms with Crippen molar-refractivity contribution in [2.24, 2.45) is 11.1 Å². The van der Waals surface area contributed by atoms with E-state index in [1.165, 1.54) is 0 Å². The summed E-state index contributed by atoms with van der Waals surface area (Å²) >= 11 is 0. The van der Waals surface area contributed by atoms with Gasteiger partial charge in [-0.2, -0.15) is 0 Å². The van der Waals surface area contributed by atoms with E-state index in [1.807, 2.05) is 39.0 Å². The van der Waals surface area contributed by atoms with Crippen molar-refractivity contribution in [2.45, 2.75) is 38.8 Å². The summed E-state index contributed by atoms with van der Waals surface area (Å²) in [4.78, 5) is 25.5. The fraction of sp³-hybridized carbons (Fsp3) is 0.364. The lowest BCUT2D eigenvalue weighted by Gasteiger charge is -2.57. The van der Waals surface area contributed by atoms with Crippen LogP contribution in [0.1, 0.15) is 43.1 Å². The Kier molecular flexibility index (Phi) is 5.18. The predicted octanol–water partition coefficient (Wildman–Crippen LogP) is 3.39. The smallest absolute Gasteiger partial charge is 0.245 e. The van der Waals surface area contributed by atoms with Gasteiger partial charge in [0.1, 0.15) is 5.54 Å². The van der Waals surface area contributed by atoms with Gasteiger partial charge in [0, 0.05) is 35.3 Å². The molecular formula is C22H26N2O3. The van der Waals surface area contributed by atoms with Crippen molar-refractivity contribution >= 4 is 17.4 Å². The Morgan fingerprint density at radius 1 is 1.11 bits per heavy atom. The summed E-state index contributed by atoms with van der Waals surface area (Å²) < 4.78 is 5.68. The minimum absolute atomic E-state index is 0.0377. The van der Waals surface area contributed by atoms with Gasteiger partial charge in [0.25, 0.3) is 0 Å². The number of ketones is 1. The van der Waals surface area contributed by atoms with Crippen LogP contribution in [0.2, 0.25) is 0 Å². The van der Waals surface area contributed by atoms with Gasteiger partial charge in [0.15, 0.2) is 5.78 Å². The summed E-state index contributed by atoms with van der Waals surface area (Å²) in [5.74, 6) is -0.345. The van der Waals surface area contributed by atoms with Gasteiger partial charge in [0.05, 0.1) is 6.10 Å². The molecular weight excluding hydrogens is 340 g/mol. The second-order valence-corrected chi connectivity index (χ2v) is 7.57. The molecule has 1 saturated carbocycles. The number of rotatable bonds is 6. The molecule has 1 aliphatic carbocycles. The van der Waals surface area contributed by atoms with E-state index in [-0.39, 0.29) is 17.8 Å². The van der Waals surface area contributed by atoms with Gasteiger partial charge in [-0.25, -0.2) is 0 Å². The molecule has 2 unspecified atom stereocenters. The average Bonchev–Trinajstić information content (AvgIpc) is 2.68. The number of benzene rings is 2. The number of anilines is 1. The lowest BCUT2D eigenvalue weighted by Crippen LogP contribution is -2.74. The summed E-state index contributed by atoms with van der Waals surface area (Å²) in [6.45, 7) is 6.43. The van der Waals surface area contributed by atoms with Gasteiger partial charge < -0.3 is 15.8 Å². The van der Waals surface area contributed by atoms with Crippen molar-refractivity contribution in [2.75, 3.05) is 11.9 Å². The van der Waals surface area contributed by atoms with Crippen LogP contribution in [0.3, 0.4) is 0 Å². The molecule has 0 spiro atoms. The molecule has 0 aliphatic heterocycles. The Bertz CT molecular complexity index is 848. The quantitative estimate of drug-likeness (QED) is 0.768. The van der Waals surface area contributed by atoms with E-state index < -0.39 is 11.0 Å². The molecule has 5 nitrogen and oxygen atoms in total. The third-order valence-corrected chi connectivity index (χ3v) is 5.65. The van der Waals surface area contributed by atoms with E-state index in [1.54, 1.807) is 36.4 Å². The highest BCUT2D eigenvalue weighted by molar-refractivity contribution is 6.10. The Balaban J connectivity index is 1.75. The van der Waals surface area contributed by atoms with Gasteiger partial charge in [-0.15, -0.1) is 0 Å². The highest BCUT2D eigenvalue weighted by atomic mass is 16.5. The van der Waals surface area contributed by atoms with E-state index in [0.717, 1.165) is 0 Å². The van der Waals surface area contributed by atoms with E-state index in [4.69, 9.17) is 10.5 Å². The first-order valence-electron chi connectivity index (χ1n) is 9.21. The Morgan fingerprint density at radius 2 is 1.78 bits per heavy atom. The van der Waals surface area contributed by atoms with Gasteiger partial charge in [0.2, 0.25) is 5.91 Å². The fourth-order valence-corrected chi connectivity index (χ4v) is 3.56. The first-order chi connectivity index (χ1) is 12.8. The van der Waals surface area contributed by atoms with E-state index >= 15 is 0 Å². The minimum Gasteiger partial charge on any atom is -0.378 e. The number of hydrogen-bond acceptors (Lipinski definition) is 4. The monoisotopic (exact) mass is 366 g/mol. The zero-order chi connectivity index (χ0) is 19.7. The number of carbonyl (C=O) groups excluding carboxylic acids is 2. The SMILES string of the molecule is CCOC1CC(N)(C(=O)Nc2cccc(C(=O)c3ccccc3)c2)C1(C)C. The number of ether oxygens (including phenoxy) is 1. The van der Waals surface area contributed by atoms with Crippen LogP contribution in [0.5, 0.6) is 0 Å². The van der Waals surface area contributed by atoms with Crippen molar-refractivity contribution < 1.29 is 14.3 Å². The van der Waals surface area contributed by atoms with Crippen LogP contribution in [-0.4, -0.2) is 29.9 Å². The molecule has 0 heterocycles. The predicted molar refractivity (Wildman–Crippen MR) is 106 cm³/mol. The molecule has 5 heteroatoms. The highest BCUT2D eigenvalue weighted by Gasteiger charge is 2.62. The maximum atomic E-state index is 12.9. The zero-order valence-corrected chi connectivity index (χ0v) is 16.0. The summed E-state index contributed by atoms with van der Waals surface area (Å²) in [7, 11) is 0. The largest absolute Gasteiger partial charge is 0.378 e. The van der Waals surface area contributed by atoms with Crippen LogP contribution in [-0.2, 0) is 9.53 Å². The van der Waals surface area contributed by atoms with Crippen LogP contribution in [0.25, 0.3) is 0 Å². The third-order valence-electron chi connectivity index (χ3n) is 5.65. The number of carbonyl (C=O) groups is 2. The molecule has 1 fully saturated rings. The summed E-state index contributed by atoms with van der Waals surface area (Å²) in [5, 5.41) is 2.88. The van der Waals surface area contributed by atoms with Gasteiger partial charge in [-0.1, -0.05) is 56.3 Å². The number of nitrogens with one attached hydrogen (secondary N) is 1. The second kappa shape index (κ2) is 7.25. The van der Waals surface area contributed by atoms with Crippen molar-refractivity contribution in [1.82, 2.24) is 0 Å². The lowest BCUT2D eigenvalue weighted by atomic mass is 9.54. The zero-order valence-electron chi connectivity index (χ0n) is 16.0. The molecule has 3 rings (SSSR count). The molecule has 0 bridgehead atoms. The minimum atomic E-state index is -1.01. The molecule has 142 valence electrons. The van der Waals surface area contributed by atoms with Crippen molar-refractivity contribution in [3.05, 3.63) is 65.7 Å². The van der Waals surface area contributed by atoms with Crippen LogP contribution in [0.4, 0.5) is 5.69 Å². The van der Waals surface area contributed by atoms with Crippen molar-refractivity contribution in [3.63, 3.8) is 0 Å². The first kappa shape index (κ1) is 19.3. The molecule has 3 N–H and O–H groups in total. The molecule has 0 radical (unpaired) electrons. The van der Waals surface area contributed by atoms with E-state index in [9.17, 15) is 9.59 Å². The normalized spacial score (nSPS) is 23.3. The standard InChI is InChI=1S/C22H26N2O3/c1-4-27-18-14-22(23,21(18,2)3)20(26)24-17-12-8-11-16(13-17)19(25)15-9-6-5-7-10-15/h5-13,18H,4,14,23H2,1-3H3,(H,24,26). The molecule has 27 heavy (non-hydrogen) atoms. The molecule has 1 amide bonds. The van der Waals surface area contributed by atoms with Crippen LogP contribution < -0.4 is 11.1 Å². The fourth-order valence-electron chi connectivity index (χ4n) is 3.56. The van der Waals surface area contributed by atoms with Gasteiger partial charge in [-0.3, -0.25) is 9.59 Å². The van der Waals surface area contributed by atoms with E-state index in [2.05, 4.69) is 5.32 Å². The maximum absolute atomic E-state index is 12.9. The van der Waals surface area contributed by atoms with Gasteiger partial charge >= 0.3 is 0 Å². The number of hydrogen-bond donors (Lipinski definition) is 2. The van der Waals surface area contributed by atoms with Crippen LogP contribution >= 0.6 is 0 Å². The van der Waals surface area contributed by atoms with E-state index in [0.29, 0.717) is 29.8 Å². The number of nitrogens with two attached hydrogens (primary N) is 1. The maximum Gasteiger partial charge on any atom is 0.245 e. The third kappa shape index (κ3) is 3.40. The molecule has 2 aromatic carbocycles. The van der Waals surface area contributed by atoms with Gasteiger partial charge in [-0.05, 0) is 19.1 Å². The molecule has 0 saturated heterocycles. The Hall–Kier alpha value is -2.50. The average molecular weight is 366 g/mol. The highest BCUT2D eigenvalue weighted by Crippen LogP contribution is 2.50. The molecule has 2 atom stereocenters. The molecule has 1 aliphatic rings. The van der Waals surface area contributed by atoms with Crippen LogP contribution in [0.15, 0.2) is 54.6 Å². The molecule has 2 aromatic rings. The topological polar surface area (TPSA) is 81.4 Å². The lowest BCUT2D eigenvalue weighted by molar-refractivity contribution is -0.166. The Morgan fingerprint density at radius 3 is 2.41 bits per heavy atom. The Labute approximate surface area is 159 Å². The van der Waals surface area contributed by atoms with Crippen LogP contribution in [0, 0.1) is 5.41 Å². The van der Waals surface area contributed by atoms with Crippen molar-refractivity contribution in [1.29, 1.82) is 0 Å². The first-order valence-corrected chi connectivity index (χ1v) is 9.21. The second-order valence-electron chi connectivity index (χ2n) is 7.57. The summed E-state index contributed by atoms with van der Waals surface area (Å²) in [6, 6.07) is 16.0. The number of amides is 1. The summed E-state index contributed by atoms with van der Waals surface area (Å²) in [5.41, 5.74) is 6.63. The summed E-state index contributed by atoms with van der Waals surface area (Å²) in [6.07, 6.45) is 0.437.